The second kappa shape index (κ2) is 9.09. The Bertz CT molecular complexity index is 1340. The SMILES string of the molecule is C=CC(=O)N1CCC[C@H]1c1nc(-c2ccc(OCc3c(C)cccc3F)cc2)c2cnccn12. The number of ether oxygens (including phenoxy) is 1. The molecule has 172 valence electrons. The van der Waals surface area contributed by atoms with Gasteiger partial charge in [0.2, 0.25) is 5.91 Å². The molecule has 0 aliphatic carbocycles. The van der Waals surface area contributed by atoms with Crippen LogP contribution < -0.4 is 4.74 Å². The first-order valence-electron chi connectivity index (χ1n) is 11.3. The van der Waals surface area contributed by atoms with Crippen LogP contribution in [0.1, 0.15) is 35.8 Å². The van der Waals surface area contributed by atoms with Crippen molar-refractivity contribution in [2.75, 3.05) is 6.54 Å². The lowest BCUT2D eigenvalue weighted by Gasteiger charge is -2.22. The Labute approximate surface area is 197 Å². The van der Waals surface area contributed by atoms with Gasteiger partial charge in [0.1, 0.15) is 24.0 Å². The molecule has 0 saturated carbocycles. The molecule has 1 aliphatic heterocycles. The number of likely N-dealkylation sites (tertiary alicyclic amines) is 1. The maximum Gasteiger partial charge on any atom is 0.246 e. The molecule has 7 heteroatoms. The molecule has 1 saturated heterocycles. The van der Waals surface area contributed by atoms with E-state index >= 15 is 0 Å². The Kier molecular flexibility index (Phi) is 5.84. The monoisotopic (exact) mass is 456 g/mol. The maximum absolute atomic E-state index is 14.1. The fourth-order valence-corrected chi connectivity index (χ4v) is 4.54. The molecule has 0 N–H and O–H groups in total. The summed E-state index contributed by atoms with van der Waals surface area (Å²) in [4.78, 5) is 23.5. The van der Waals surface area contributed by atoms with Crippen LogP contribution in [-0.4, -0.2) is 31.7 Å². The van der Waals surface area contributed by atoms with Crippen LogP contribution in [0.4, 0.5) is 4.39 Å². The molecule has 4 aromatic rings. The van der Waals surface area contributed by atoms with Gasteiger partial charge in [-0.05, 0) is 61.7 Å². The minimum absolute atomic E-state index is 0.0820. The molecule has 1 aliphatic rings. The Morgan fingerprint density at radius 2 is 2.09 bits per heavy atom. The van der Waals surface area contributed by atoms with Gasteiger partial charge in [0, 0.05) is 30.1 Å². The first-order chi connectivity index (χ1) is 16.6. The number of hydrogen-bond acceptors (Lipinski definition) is 4. The van der Waals surface area contributed by atoms with Crippen LogP contribution in [0.2, 0.25) is 0 Å². The van der Waals surface area contributed by atoms with Crippen LogP contribution in [0, 0.1) is 12.7 Å². The molecule has 6 nitrogen and oxygen atoms in total. The molecule has 1 fully saturated rings. The quantitative estimate of drug-likeness (QED) is 0.371. The standard InChI is InChI=1S/C27H25FN4O2/c1-3-25(33)31-14-5-8-23(31)27-30-26(24-16-29-13-15-32(24)27)19-9-11-20(12-10-19)34-17-21-18(2)6-4-7-22(21)28/h3-4,6-7,9-13,15-16,23H,1,5,8,14,17H2,2H3/t23-/m0/s1. The van der Waals surface area contributed by atoms with Gasteiger partial charge in [-0.25, -0.2) is 9.37 Å². The molecular weight excluding hydrogens is 431 g/mol. The first kappa shape index (κ1) is 21.8. The van der Waals surface area contributed by atoms with Crippen molar-refractivity contribution in [1.29, 1.82) is 0 Å². The lowest BCUT2D eigenvalue weighted by atomic mass is 10.1. The van der Waals surface area contributed by atoms with E-state index in [0.29, 0.717) is 17.9 Å². The van der Waals surface area contributed by atoms with E-state index in [9.17, 15) is 9.18 Å². The minimum Gasteiger partial charge on any atom is -0.489 e. The number of halogens is 1. The molecule has 1 atom stereocenters. The number of benzene rings is 2. The van der Waals surface area contributed by atoms with Gasteiger partial charge in [-0.1, -0.05) is 18.7 Å². The third-order valence-corrected chi connectivity index (χ3v) is 6.35. The van der Waals surface area contributed by atoms with Gasteiger partial charge < -0.3 is 9.64 Å². The van der Waals surface area contributed by atoms with Crippen LogP contribution in [0.5, 0.6) is 5.75 Å². The number of hydrogen-bond donors (Lipinski definition) is 0. The molecule has 0 bridgehead atoms. The molecule has 2 aromatic heterocycles. The van der Waals surface area contributed by atoms with E-state index in [1.54, 1.807) is 18.5 Å². The highest BCUT2D eigenvalue weighted by molar-refractivity contribution is 5.87. The van der Waals surface area contributed by atoms with Gasteiger partial charge in [0.25, 0.3) is 0 Å². The lowest BCUT2D eigenvalue weighted by Crippen LogP contribution is -2.29. The number of fused-ring (bicyclic) bond motifs is 1. The summed E-state index contributed by atoms with van der Waals surface area (Å²) in [5.41, 5.74) is 3.98. The number of imidazole rings is 1. The van der Waals surface area contributed by atoms with Crippen molar-refractivity contribution >= 4 is 11.4 Å². The van der Waals surface area contributed by atoms with Crippen LogP contribution >= 0.6 is 0 Å². The van der Waals surface area contributed by atoms with E-state index in [2.05, 4.69) is 11.6 Å². The normalized spacial score (nSPS) is 15.6. The average Bonchev–Trinajstić information content (AvgIpc) is 3.49. The molecule has 5 rings (SSSR count). The maximum atomic E-state index is 14.1. The summed E-state index contributed by atoms with van der Waals surface area (Å²) in [6.45, 7) is 6.36. The Balaban J connectivity index is 1.43. The average molecular weight is 457 g/mol. The summed E-state index contributed by atoms with van der Waals surface area (Å²) < 4.78 is 21.9. The number of nitrogens with zero attached hydrogens (tertiary/aromatic N) is 4. The third kappa shape index (κ3) is 3.94. The zero-order chi connectivity index (χ0) is 23.7. The number of rotatable bonds is 6. The highest BCUT2D eigenvalue weighted by Gasteiger charge is 2.32. The largest absolute Gasteiger partial charge is 0.489 e. The highest BCUT2D eigenvalue weighted by atomic mass is 19.1. The van der Waals surface area contributed by atoms with E-state index in [1.165, 1.54) is 12.1 Å². The van der Waals surface area contributed by atoms with Crippen molar-refractivity contribution in [1.82, 2.24) is 19.3 Å². The van der Waals surface area contributed by atoms with Gasteiger partial charge >= 0.3 is 0 Å². The number of carbonyl (C=O) groups excluding carboxylic acids is 1. The molecule has 0 spiro atoms. The van der Waals surface area contributed by atoms with Gasteiger partial charge in [0.15, 0.2) is 0 Å². The van der Waals surface area contributed by atoms with E-state index in [-0.39, 0.29) is 24.4 Å². The van der Waals surface area contributed by atoms with Gasteiger partial charge in [-0.2, -0.15) is 0 Å². The van der Waals surface area contributed by atoms with Crippen LogP contribution in [-0.2, 0) is 11.4 Å². The fourth-order valence-electron chi connectivity index (χ4n) is 4.54. The number of carbonyl (C=O) groups is 1. The van der Waals surface area contributed by atoms with Crippen molar-refractivity contribution in [3.63, 3.8) is 0 Å². The second-order valence-electron chi connectivity index (χ2n) is 8.39. The van der Waals surface area contributed by atoms with Crippen LogP contribution in [0.3, 0.4) is 0 Å². The number of aryl methyl sites for hydroxylation is 1. The van der Waals surface area contributed by atoms with Gasteiger partial charge in [-0.3, -0.25) is 14.2 Å². The summed E-state index contributed by atoms with van der Waals surface area (Å²) in [5.74, 6) is 1.11. The van der Waals surface area contributed by atoms with E-state index in [1.807, 2.05) is 52.8 Å². The molecular formula is C27H25FN4O2. The predicted octanol–water partition coefficient (Wildman–Crippen LogP) is 5.27. The van der Waals surface area contributed by atoms with Crippen LogP contribution in [0.25, 0.3) is 16.8 Å². The summed E-state index contributed by atoms with van der Waals surface area (Å²) in [6, 6.07) is 12.5. The smallest absolute Gasteiger partial charge is 0.246 e. The molecule has 1 amide bonds. The summed E-state index contributed by atoms with van der Waals surface area (Å²) in [7, 11) is 0. The molecule has 2 aromatic carbocycles. The number of amides is 1. The number of aromatic nitrogens is 3. The fraction of sp³-hybridized carbons (Fsp3) is 0.222. The molecule has 3 heterocycles. The van der Waals surface area contributed by atoms with Crippen molar-refractivity contribution in [2.24, 2.45) is 0 Å². The first-order valence-corrected chi connectivity index (χ1v) is 11.3. The topological polar surface area (TPSA) is 59.7 Å². The van der Waals surface area contributed by atoms with E-state index < -0.39 is 0 Å². The lowest BCUT2D eigenvalue weighted by molar-refractivity contribution is -0.127. The van der Waals surface area contributed by atoms with Crippen LogP contribution in [0.15, 0.2) is 73.7 Å². The second-order valence-corrected chi connectivity index (χ2v) is 8.39. The van der Waals surface area contributed by atoms with Gasteiger partial charge in [0.05, 0.1) is 23.4 Å². The molecule has 0 radical (unpaired) electrons. The van der Waals surface area contributed by atoms with Crippen molar-refractivity contribution in [3.8, 4) is 17.0 Å². The van der Waals surface area contributed by atoms with Crippen molar-refractivity contribution < 1.29 is 13.9 Å². The highest BCUT2D eigenvalue weighted by Crippen LogP contribution is 2.35. The van der Waals surface area contributed by atoms with Crippen molar-refractivity contribution in [3.05, 3.63) is 96.5 Å². The summed E-state index contributed by atoms with van der Waals surface area (Å²) in [6.07, 6.45) is 8.52. The van der Waals surface area contributed by atoms with E-state index in [0.717, 1.165) is 41.0 Å². The summed E-state index contributed by atoms with van der Waals surface area (Å²) >= 11 is 0. The minimum atomic E-state index is -0.267. The zero-order valence-electron chi connectivity index (χ0n) is 18.9. The van der Waals surface area contributed by atoms with Gasteiger partial charge in [-0.15, -0.1) is 0 Å². The Morgan fingerprint density at radius 1 is 1.26 bits per heavy atom. The third-order valence-electron chi connectivity index (χ3n) is 6.35. The van der Waals surface area contributed by atoms with E-state index in [4.69, 9.17) is 9.72 Å². The molecule has 0 unspecified atom stereocenters. The zero-order valence-corrected chi connectivity index (χ0v) is 18.9. The predicted molar refractivity (Wildman–Crippen MR) is 128 cm³/mol. The Hall–Kier alpha value is -4.00. The molecule has 34 heavy (non-hydrogen) atoms. The Morgan fingerprint density at radius 3 is 2.85 bits per heavy atom. The van der Waals surface area contributed by atoms with Crippen molar-refractivity contribution in [2.45, 2.75) is 32.4 Å². The summed E-state index contributed by atoms with van der Waals surface area (Å²) in [5, 5.41) is 0.